The van der Waals surface area contributed by atoms with Crippen LogP contribution in [0.3, 0.4) is 0 Å². The van der Waals surface area contributed by atoms with E-state index in [1.165, 1.54) is 0 Å². The summed E-state index contributed by atoms with van der Waals surface area (Å²) >= 11 is 0. The summed E-state index contributed by atoms with van der Waals surface area (Å²) in [6, 6.07) is 0. The number of carbonyl (C=O) groups is 2. The molecule has 1 aromatic heterocycles. The minimum absolute atomic E-state index is 0.227. The first-order chi connectivity index (χ1) is 7.97. The topological polar surface area (TPSA) is 102 Å². The number of nitrogens with one attached hydrogen (secondary N) is 1. The van der Waals surface area contributed by atoms with Gasteiger partial charge >= 0.3 is 5.97 Å². The van der Waals surface area contributed by atoms with Crippen molar-refractivity contribution in [1.29, 1.82) is 0 Å². The first-order valence-electron chi connectivity index (χ1n) is 4.94. The number of amides is 1. The molecule has 0 saturated heterocycles. The van der Waals surface area contributed by atoms with Gasteiger partial charge in [-0.15, -0.1) is 0 Å². The highest BCUT2D eigenvalue weighted by Crippen LogP contribution is 2.11. The lowest BCUT2D eigenvalue weighted by Crippen LogP contribution is -2.37. The maximum atomic E-state index is 11.7. The van der Waals surface area contributed by atoms with Crippen LogP contribution < -0.4 is 5.32 Å². The maximum absolute atomic E-state index is 11.7. The van der Waals surface area contributed by atoms with E-state index in [0.29, 0.717) is 17.0 Å². The molecule has 1 aromatic rings. The van der Waals surface area contributed by atoms with Gasteiger partial charge in [0.15, 0.2) is 6.10 Å². The molecule has 1 heterocycles. The molecule has 7 nitrogen and oxygen atoms in total. The number of rotatable bonds is 4. The van der Waals surface area contributed by atoms with Crippen molar-refractivity contribution >= 4 is 11.9 Å². The Kier molecular flexibility index (Phi) is 4.22. The second-order valence-corrected chi connectivity index (χ2v) is 3.45. The minimum atomic E-state index is -1.38. The monoisotopic (exact) mass is 242 g/mol. The molecule has 2 N–H and O–H groups in total. The number of carbonyl (C=O) groups excluding carboxylic acids is 2. The zero-order valence-electron chi connectivity index (χ0n) is 9.81. The standard InChI is InChI=1S/C10H14N2O5/c1-5-8(6(2)17-12-5)9(14)11-4-7(13)10(15)16-3/h7,13H,4H2,1-3H3,(H,11,14). The maximum Gasteiger partial charge on any atom is 0.336 e. The van der Waals surface area contributed by atoms with E-state index in [9.17, 15) is 14.7 Å². The third-order valence-corrected chi connectivity index (χ3v) is 2.19. The molecular formula is C10H14N2O5. The van der Waals surface area contributed by atoms with Crippen LogP contribution in [0.5, 0.6) is 0 Å². The molecule has 0 spiro atoms. The molecule has 7 heteroatoms. The van der Waals surface area contributed by atoms with Gasteiger partial charge in [0.1, 0.15) is 11.3 Å². The summed E-state index contributed by atoms with van der Waals surface area (Å²) in [5, 5.41) is 15.3. The van der Waals surface area contributed by atoms with E-state index in [4.69, 9.17) is 4.52 Å². The molecule has 0 fully saturated rings. The number of aliphatic hydroxyl groups excluding tert-OH is 1. The van der Waals surface area contributed by atoms with Gasteiger partial charge in [0.2, 0.25) is 0 Å². The lowest BCUT2D eigenvalue weighted by Gasteiger charge is -2.09. The number of hydrogen-bond donors (Lipinski definition) is 2. The van der Waals surface area contributed by atoms with Crippen molar-refractivity contribution in [2.45, 2.75) is 20.0 Å². The third-order valence-electron chi connectivity index (χ3n) is 2.19. The van der Waals surface area contributed by atoms with Gasteiger partial charge in [0.05, 0.1) is 19.3 Å². The second-order valence-electron chi connectivity index (χ2n) is 3.45. The molecule has 0 aliphatic heterocycles. The first-order valence-corrected chi connectivity index (χ1v) is 4.94. The molecule has 0 aliphatic rings. The van der Waals surface area contributed by atoms with Crippen molar-refractivity contribution in [2.24, 2.45) is 0 Å². The fourth-order valence-electron chi connectivity index (χ4n) is 1.30. The van der Waals surface area contributed by atoms with E-state index in [1.807, 2.05) is 0 Å². The molecule has 0 saturated carbocycles. The Balaban J connectivity index is 2.59. The van der Waals surface area contributed by atoms with Crippen LogP contribution in [-0.4, -0.2) is 41.9 Å². The average Bonchev–Trinajstić information content (AvgIpc) is 2.64. The number of methoxy groups -OCH3 is 1. The third kappa shape index (κ3) is 3.04. The Morgan fingerprint density at radius 1 is 1.53 bits per heavy atom. The van der Waals surface area contributed by atoms with Crippen LogP contribution in [0.2, 0.25) is 0 Å². The Hall–Kier alpha value is -1.89. The van der Waals surface area contributed by atoms with Gasteiger partial charge in [-0.3, -0.25) is 4.79 Å². The zero-order valence-corrected chi connectivity index (χ0v) is 9.81. The van der Waals surface area contributed by atoms with Crippen LogP contribution >= 0.6 is 0 Å². The molecule has 0 aliphatic carbocycles. The number of aliphatic hydroxyl groups is 1. The molecule has 1 amide bonds. The van der Waals surface area contributed by atoms with Gasteiger partial charge in [-0.2, -0.15) is 0 Å². The van der Waals surface area contributed by atoms with E-state index in [0.717, 1.165) is 7.11 Å². The van der Waals surface area contributed by atoms with Crippen LogP contribution in [0.15, 0.2) is 4.52 Å². The summed E-state index contributed by atoms with van der Waals surface area (Å²) in [6.45, 7) is 3.00. The predicted molar refractivity (Wildman–Crippen MR) is 56.3 cm³/mol. The quantitative estimate of drug-likeness (QED) is 0.694. The van der Waals surface area contributed by atoms with E-state index >= 15 is 0 Å². The van der Waals surface area contributed by atoms with Crippen molar-refractivity contribution in [3.8, 4) is 0 Å². The van der Waals surface area contributed by atoms with Crippen LogP contribution in [-0.2, 0) is 9.53 Å². The van der Waals surface area contributed by atoms with Crippen molar-refractivity contribution in [1.82, 2.24) is 10.5 Å². The summed E-state index contributed by atoms with van der Waals surface area (Å²) in [7, 11) is 1.15. The number of aryl methyl sites for hydroxylation is 2. The smallest absolute Gasteiger partial charge is 0.336 e. The Morgan fingerprint density at radius 3 is 2.65 bits per heavy atom. The molecule has 1 atom stereocenters. The normalized spacial score (nSPS) is 12.0. The number of nitrogens with zero attached hydrogens (tertiary/aromatic N) is 1. The molecule has 1 unspecified atom stereocenters. The average molecular weight is 242 g/mol. The first kappa shape index (κ1) is 13.2. The van der Waals surface area contributed by atoms with E-state index in [2.05, 4.69) is 15.2 Å². The molecule has 94 valence electrons. The van der Waals surface area contributed by atoms with Crippen LogP contribution in [0.25, 0.3) is 0 Å². The van der Waals surface area contributed by atoms with Gasteiger partial charge in [-0.05, 0) is 13.8 Å². The Bertz CT molecular complexity index is 407. The highest BCUT2D eigenvalue weighted by molar-refractivity contribution is 5.96. The lowest BCUT2D eigenvalue weighted by atomic mass is 10.2. The van der Waals surface area contributed by atoms with Crippen molar-refractivity contribution < 1.29 is 24.0 Å². The summed E-state index contributed by atoms with van der Waals surface area (Å²) in [5.74, 6) is -0.874. The van der Waals surface area contributed by atoms with Gasteiger partial charge < -0.3 is 19.7 Å². The highest BCUT2D eigenvalue weighted by Gasteiger charge is 2.20. The molecule has 17 heavy (non-hydrogen) atoms. The number of ether oxygens (including phenoxy) is 1. The number of hydrogen-bond acceptors (Lipinski definition) is 6. The van der Waals surface area contributed by atoms with Gasteiger partial charge in [-0.25, -0.2) is 4.79 Å². The molecular weight excluding hydrogens is 228 g/mol. The van der Waals surface area contributed by atoms with Crippen LogP contribution in [0, 0.1) is 13.8 Å². The molecule has 1 rings (SSSR count). The lowest BCUT2D eigenvalue weighted by molar-refractivity contribution is -0.149. The SMILES string of the molecule is COC(=O)C(O)CNC(=O)c1c(C)noc1C. The Labute approximate surface area is 97.7 Å². The van der Waals surface area contributed by atoms with E-state index < -0.39 is 18.0 Å². The summed E-state index contributed by atoms with van der Waals surface area (Å²) in [6.07, 6.45) is -1.38. The Morgan fingerprint density at radius 2 is 2.18 bits per heavy atom. The number of aromatic nitrogens is 1. The zero-order chi connectivity index (χ0) is 13.0. The molecule has 0 aromatic carbocycles. The highest BCUT2D eigenvalue weighted by atomic mass is 16.5. The van der Waals surface area contributed by atoms with Crippen LogP contribution in [0.1, 0.15) is 21.8 Å². The summed E-state index contributed by atoms with van der Waals surface area (Å²) in [4.78, 5) is 22.6. The van der Waals surface area contributed by atoms with E-state index in [1.54, 1.807) is 13.8 Å². The fraction of sp³-hybridized carbons (Fsp3) is 0.500. The van der Waals surface area contributed by atoms with Gasteiger partial charge in [-0.1, -0.05) is 5.16 Å². The predicted octanol–water partition coefficient (Wildman–Crippen LogP) is -0.445. The fourth-order valence-corrected chi connectivity index (χ4v) is 1.30. The second kappa shape index (κ2) is 5.44. The summed E-state index contributed by atoms with van der Waals surface area (Å²) < 4.78 is 9.14. The number of esters is 1. The minimum Gasteiger partial charge on any atom is -0.467 e. The van der Waals surface area contributed by atoms with E-state index in [-0.39, 0.29) is 6.54 Å². The van der Waals surface area contributed by atoms with Crippen molar-refractivity contribution in [2.75, 3.05) is 13.7 Å². The van der Waals surface area contributed by atoms with Crippen LogP contribution in [0.4, 0.5) is 0 Å². The van der Waals surface area contributed by atoms with Crippen molar-refractivity contribution in [3.05, 3.63) is 17.0 Å². The van der Waals surface area contributed by atoms with Crippen molar-refractivity contribution in [3.63, 3.8) is 0 Å². The van der Waals surface area contributed by atoms with Gasteiger partial charge in [0, 0.05) is 0 Å². The molecule has 0 radical (unpaired) electrons. The van der Waals surface area contributed by atoms with Gasteiger partial charge in [0.25, 0.3) is 5.91 Å². The largest absolute Gasteiger partial charge is 0.467 e. The summed E-state index contributed by atoms with van der Waals surface area (Å²) in [5.41, 5.74) is 0.759. The molecule has 0 bridgehead atoms.